The van der Waals surface area contributed by atoms with Gasteiger partial charge in [0.25, 0.3) is 0 Å². The van der Waals surface area contributed by atoms with E-state index in [1.165, 1.54) is 27.6 Å². The van der Waals surface area contributed by atoms with Crippen LogP contribution in [0.2, 0.25) is 0 Å². The topological polar surface area (TPSA) is 21.3 Å². The van der Waals surface area contributed by atoms with Gasteiger partial charge in [-0.3, -0.25) is 0 Å². The van der Waals surface area contributed by atoms with E-state index in [1.807, 2.05) is 19.4 Å². The lowest BCUT2D eigenvalue weighted by Crippen LogP contribution is -2.24. The van der Waals surface area contributed by atoms with Crippen molar-refractivity contribution in [1.82, 2.24) is 0 Å². The Bertz CT molecular complexity index is 762. The van der Waals surface area contributed by atoms with Crippen LogP contribution in [0.25, 0.3) is 10.8 Å². The molecule has 24 heavy (non-hydrogen) atoms. The van der Waals surface area contributed by atoms with Gasteiger partial charge in [0.2, 0.25) is 0 Å². The van der Waals surface area contributed by atoms with E-state index in [1.54, 1.807) is 0 Å². The van der Waals surface area contributed by atoms with E-state index >= 15 is 0 Å². The first-order valence-electron chi connectivity index (χ1n) is 8.78. The second kappa shape index (κ2) is 7.12. The van der Waals surface area contributed by atoms with Crippen molar-refractivity contribution in [2.24, 2.45) is 0 Å². The maximum absolute atomic E-state index is 5.58. The second-order valence-corrected chi connectivity index (χ2v) is 6.94. The molecule has 0 aromatic heterocycles. The van der Waals surface area contributed by atoms with Crippen molar-refractivity contribution in [2.75, 3.05) is 19.0 Å². The van der Waals surface area contributed by atoms with Gasteiger partial charge in [-0.15, -0.1) is 6.58 Å². The molecule has 0 amide bonds. The minimum absolute atomic E-state index is 0.00646. The molecule has 1 aliphatic rings. The summed E-state index contributed by atoms with van der Waals surface area (Å²) in [6.07, 6.45) is 8.21. The van der Waals surface area contributed by atoms with Crippen molar-refractivity contribution in [3.63, 3.8) is 0 Å². The van der Waals surface area contributed by atoms with Gasteiger partial charge in [0, 0.05) is 18.2 Å². The molecule has 0 saturated carbocycles. The number of allylic oxidation sites excluding steroid dienone is 2. The van der Waals surface area contributed by atoms with Gasteiger partial charge >= 0.3 is 0 Å². The minimum atomic E-state index is -0.00646. The summed E-state index contributed by atoms with van der Waals surface area (Å²) in [5, 5.41) is 6.02. The van der Waals surface area contributed by atoms with Gasteiger partial charge in [-0.05, 0) is 53.7 Å². The Balaban J connectivity index is 2.15. The van der Waals surface area contributed by atoms with Crippen molar-refractivity contribution in [3.05, 3.63) is 66.5 Å². The number of nitrogens with one attached hydrogen (secondary N) is 1. The first-order chi connectivity index (χ1) is 11.7. The molecule has 1 aliphatic heterocycles. The fraction of sp³-hybridized carbons (Fsp3) is 0.364. The van der Waals surface area contributed by atoms with Gasteiger partial charge in [-0.1, -0.05) is 43.3 Å². The Morgan fingerprint density at radius 2 is 2.08 bits per heavy atom. The maximum Gasteiger partial charge on any atom is 0.0876 e. The van der Waals surface area contributed by atoms with Crippen molar-refractivity contribution in [3.8, 4) is 0 Å². The Morgan fingerprint density at radius 1 is 1.25 bits per heavy atom. The molecule has 0 spiro atoms. The highest BCUT2D eigenvalue weighted by molar-refractivity contribution is 5.91. The fourth-order valence-corrected chi connectivity index (χ4v) is 3.96. The summed E-state index contributed by atoms with van der Waals surface area (Å²) in [7, 11) is 2.00. The normalized spacial score (nSPS) is 16.8. The van der Waals surface area contributed by atoms with Crippen LogP contribution in [0.4, 0.5) is 5.69 Å². The van der Waals surface area contributed by atoms with E-state index in [4.69, 9.17) is 4.74 Å². The van der Waals surface area contributed by atoms with Crippen LogP contribution in [0.15, 0.2) is 60.9 Å². The lowest BCUT2D eigenvalue weighted by Gasteiger charge is -2.34. The Kier molecular flexibility index (Phi) is 4.94. The first kappa shape index (κ1) is 16.6. The molecule has 0 fully saturated rings. The quantitative estimate of drug-likeness (QED) is 0.679. The van der Waals surface area contributed by atoms with E-state index in [9.17, 15) is 0 Å². The zero-order valence-corrected chi connectivity index (χ0v) is 14.8. The van der Waals surface area contributed by atoms with Crippen LogP contribution in [0.3, 0.4) is 0 Å². The number of fused-ring (bicyclic) bond motifs is 1. The van der Waals surface area contributed by atoms with E-state index < -0.39 is 0 Å². The van der Waals surface area contributed by atoms with Crippen molar-refractivity contribution < 1.29 is 4.74 Å². The average molecular weight is 321 g/mol. The fourth-order valence-electron chi connectivity index (χ4n) is 3.96. The van der Waals surface area contributed by atoms with Gasteiger partial charge < -0.3 is 10.1 Å². The molecule has 1 unspecified atom stereocenters. The molecule has 1 N–H and O–H groups in total. The lowest BCUT2D eigenvalue weighted by atomic mass is 9.71. The third-order valence-corrected chi connectivity index (χ3v) is 5.02. The number of anilines is 1. The van der Waals surface area contributed by atoms with Gasteiger partial charge in [0.15, 0.2) is 0 Å². The summed E-state index contributed by atoms with van der Waals surface area (Å²) in [6, 6.07) is 13.1. The number of ether oxygens (including phenoxy) is 1. The number of hydrogen-bond acceptors (Lipinski definition) is 2. The molecule has 0 saturated heterocycles. The molecule has 2 aromatic rings. The molecular weight excluding hydrogens is 294 g/mol. The van der Waals surface area contributed by atoms with Gasteiger partial charge in [-0.2, -0.15) is 0 Å². The van der Waals surface area contributed by atoms with Crippen molar-refractivity contribution >= 4 is 16.5 Å². The van der Waals surface area contributed by atoms with Crippen molar-refractivity contribution in [1.29, 1.82) is 0 Å². The standard InChI is InChI=1S/C22H27NO/c1-4-13-22(2,15-17-8-7-14-24-16-17)21-19-10-6-5-9-18(19)11-12-20(21)23-3/h4-6,9-12,16,23H,1,7-8,13-15H2,2-3H3. The van der Waals surface area contributed by atoms with Gasteiger partial charge in [0.05, 0.1) is 12.9 Å². The molecule has 2 aromatic carbocycles. The summed E-state index contributed by atoms with van der Waals surface area (Å²) < 4.78 is 5.58. The molecular formula is C22H27NO. The Labute approximate surface area is 145 Å². The van der Waals surface area contributed by atoms with Crippen LogP contribution in [-0.4, -0.2) is 13.7 Å². The molecule has 1 atom stereocenters. The van der Waals surface area contributed by atoms with Gasteiger partial charge in [-0.25, -0.2) is 0 Å². The predicted octanol–water partition coefficient (Wildman–Crippen LogP) is 5.80. The first-order valence-corrected chi connectivity index (χ1v) is 8.78. The maximum atomic E-state index is 5.58. The minimum Gasteiger partial charge on any atom is -0.501 e. The smallest absolute Gasteiger partial charge is 0.0876 e. The van der Waals surface area contributed by atoms with Crippen LogP contribution in [0.1, 0.15) is 38.2 Å². The molecule has 1 heterocycles. The van der Waals surface area contributed by atoms with Crippen LogP contribution in [0.5, 0.6) is 0 Å². The van der Waals surface area contributed by atoms with Crippen LogP contribution < -0.4 is 5.32 Å². The Hall–Kier alpha value is -2.22. The molecule has 0 aliphatic carbocycles. The Morgan fingerprint density at radius 3 is 2.79 bits per heavy atom. The third kappa shape index (κ3) is 3.19. The molecule has 0 bridgehead atoms. The second-order valence-electron chi connectivity index (χ2n) is 6.94. The molecule has 3 rings (SSSR count). The largest absolute Gasteiger partial charge is 0.501 e. The predicted molar refractivity (Wildman–Crippen MR) is 104 cm³/mol. The molecule has 2 nitrogen and oxygen atoms in total. The van der Waals surface area contributed by atoms with Crippen LogP contribution in [0, 0.1) is 0 Å². The van der Waals surface area contributed by atoms with E-state index in [0.717, 1.165) is 32.3 Å². The summed E-state index contributed by atoms with van der Waals surface area (Å²) in [5.74, 6) is 0. The molecule has 126 valence electrons. The van der Waals surface area contributed by atoms with E-state index in [2.05, 4.69) is 55.2 Å². The summed E-state index contributed by atoms with van der Waals surface area (Å²) in [5.41, 5.74) is 3.98. The number of rotatable bonds is 6. The van der Waals surface area contributed by atoms with Gasteiger partial charge in [0.1, 0.15) is 0 Å². The summed E-state index contributed by atoms with van der Waals surface area (Å²) in [4.78, 5) is 0. The highest BCUT2D eigenvalue weighted by atomic mass is 16.5. The SMILES string of the molecule is C=CCC(C)(CC1=COCCC1)c1c(NC)ccc2ccccc12. The van der Waals surface area contributed by atoms with Crippen molar-refractivity contribution in [2.45, 2.75) is 38.0 Å². The number of benzene rings is 2. The lowest BCUT2D eigenvalue weighted by molar-refractivity contribution is 0.219. The highest BCUT2D eigenvalue weighted by Crippen LogP contribution is 2.43. The number of hydrogen-bond donors (Lipinski definition) is 1. The molecule has 2 heteroatoms. The summed E-state index contributed by atoms with van der Waals surface area (Å²) in [6.45, 7) is 7.23. The third-order valence-electron chi connectivity index (χ3n) is 5.02. The zero-order valence-electron chi connectivity index (χ0n) is 14.8. The zero-order chi connectivity index (χ0) is 17.0. The average Bonchev–Trinajstić information content (AvgIpc) is 2.61. The van der Waals surface area contributed by atoms with E-state index in [-0.39, 0.29) is 5.41 Å². The molecule has 0 radical (unpaired) electrons. The van der Waals surface area contributed by atoms with Crippen LogP contribution in [-0.2, 0) is 10.2 Å². The highest BCUT2D eigenvalue weighted by Gasteiger charge is 2.31. The summed E-state index contributed by atoms with van der Waals surface area (Å²) >= 11 is 0. The van der Waals surface area contributed by atoms with E-state index in [0.29, 0.717) is 0 Å². The van der Waals surface area contributed by atoms with Crippen LogP contribution >= 0.6 is 0 Å². The monoisotopic (exact) mass is 321 g/mol.